The molecule has 1 aromatic carbocycles. The van der Waals surface area contributed by atoms with Gasteiger partial charge in [-0.25, -0.2) is 0 Å². The van der Waals surface area contributed by atoms with E-state index in [4.69, 9.17) is 16.0 Å². The first-order valence-corrected chi connectivity index (χ1v) is 8.95. The van der Waals surface area contributed by atoms with Crippen LogP contribution in [0.15, 0.2) is 58.4 Å². The lowest BCUT2D eigenvalue weighted by Crippen LogP contribution is -2.27. The third-order valence-corrected chi connectivity index (χ3v) is 4.32. The van der Waals surface area contributed by atoms with E-state index in [1.54, 1.807) is 18.5 Å². The van der Waals surface area contributed by atoms with Crippen molar-refractivity contribution in [3.63, 3.8) is 0 Å². The molecule has 0 aliphatic carbocycles. The second-order valence-electron chi connectivity index (χ2n) is 5.13. The Hall–Kier alpha value is -2.38. The molecule has 0 saturated heterocycles. The monoisotopic (exact) mass is 374 g/mol. The highest BCUT2D eigenvalue weighted by atomic mass is 35.5. The fourth-order valence-corrected chi connectivity index (χ4v) is 2.90. The van der Waals surface area contributed by atoms with Gasteiger partial charge in [0.1, 0.15) is 0 Å². The standard InChI is InChI=1S/C17H15ClN4O2S/c18-14-5-1-3-12(9-14)6-8-20-15(23)11-25-17-22-21-16(24-17)13-4-2-7-19-10-13/h1-5,7,9-10H,6,8,11H2,(H,20,23). The summed E-state index contributed by atoms with van der Waals surface area (Å²) < 4.78 is 5.51. The molecule has 6 nitrogen and oxygen atoms in total. The summed E-state index contributed by atoms with van der Waals surface area (Å²) in [6.45, 7) is 0.546. The highest BCUT2D eigenvalue weighted by Crippen LogP contribution is 2.22. The number of aromatic nitrogens is 3. The molecule has 0 bridgehead atoms. The lowest BCUT2D eigenvalue weighted by Gasteiger charge is -2.04. The number of rotatable bonds is 7. The smallest absolute Gasteiger partial charge is 0.277 e. The summed E-state index contributed by atoms with van der Waals surface area (Å²) in [5.74, 6) is 0.509. The zero-order valence-corrected chi connectivity index (χ0v) is 14.8. The third-order valence-electron chi connectivity index (χ3n) is 3.27. The lowest BCUT2D eigenvalue weighted by molar-refractivity contribution is -0.118. The molecule has 0 radical (unpaired) electrons. The molecule has 0 atom stereocenters. The van der Waals surface area contributed by atoms with Crippen molar-refractivity contribution in [3.8, 4) is 11.5 Å². The van der Waals surface area contributed by atoms with E-state index in [1.165, 1.54) is 11.8 Å². The number of pyridine rings is 1. The summed E-state index contributed by atoms with van der Waals surface area (Å²) in [4.78, 5) is 15.9. The van der Waals surface area contributed by atoms with Crippen LogP contribution in [0.4, 0.5) is 0 Å². The second-order valence-corrected chi connectivity index (χ2v) is 6.50. The van der Waals surface area contributed by atoms with Crippen molar-refractivity contribution in [3.05, 3.63) is 59.4 Å². The van der Waals surface area contributed by atoms with Crippen LogP contribution in [0.1, 0.15) is 5.56 Å². The van der Waals surface area contributed by atoms with Crippen LogP contribution in [0.25, 0.3) is 11.5 Å². The van der Waals surface area contributed by atoms with E-state index in [0.717, 1.165) is 17.5 Å². The maximum atomic E-state index is 11.9. The predicted octanol–water partition coefficient (Wildman–Crippen LogP) is 3.24. The van der Waals surface area contributed by atoms with Crippen LogP contribution < -0.4 is 5.32 Å². The van der Waals surface area contributed by atoms with Crippen molar-refractivity contribution in [1.82, 2.24) is 20.5 Å². The zero-order valence-electron chi connectivity index (χ0n) is 13.2. The molecule has 3 rings (SSSR count). The molecule has 0 spiro atoms. The number of thioether (sulfide) groups is 1. The summed E-state index contributed by atoms with van der Waals surface area (Å²) in [5.41, 5.74) is 1.83. The van der Waals surface area contributed by atoms with Crippen LogP contribution in [-0.4, -0.2) is 33.4 Å². The Bertz CT molecular complexity index is 841. The highest BCUT2D eigenvalue weighted by molar-refractivity contribution is 7.99. The van der Waals surface area contributed by atoms with Crippen molar-refractivity contribution in [2.75, 3.05) is 12.3 Å². The van der Waals surface area contributed by atoms with Crippen LogP contribution in [0, 0.1) is 0 Å². The lowest BCUT2D eigenvalue weighted by atomic mass is 10.1. The third kappa shape index (κ3) is 5.30. The summed E-state index contributed by atoms with van der Waals surface area (Å²) in [5, 5.41) is 11.8. The van der Waals surface area contributed by atoms with Crippen molar-refractivity contribution in [2.45, 2.75) is 11.6 Å². The Kier molecular flexibility index (Phi) is 6.03. The molecule has 3 aromatic rings. The first kappa shape index (κ1) is 17.4. The number of halogens is 1. The Balaban J connectivity index is 1.43. The minimum absolute atomic E-state index is 0.0897. The van der Waals surface area contributed by atoms with Gasteiger partial charge in [-0.3, -0.25) is 9.78 Å². The minimum atomic E-state index is -0.0897. The maximum absolute atomic E-state index is 11.9. The first-order chi connectivity index (χ1) is 12.2. The first-order valence-electron chi connectivity index (χ1n) is 7.58. The second kappa shape index (κ2) is 8.64. The quantitative estimate of drug-likeness (QED) is 0.639. The number of amides is 1. The van der Waals surface area contributed by atoms with Gasteiger partial charge in [0.15, 0.2) is 0 Å². The van der Waals surface area contributed by atoms with E-state index < -0.39 is 0 Å². The number of carbonyl (C=O) groups excluding carboxylic acids is 1. The van der Waals surface area contributed by atoms with Crippen molar-refractivity contribution in [2.24, 2.45) is 0 Å². The Morgan fingerprint density at radius 3 is 2.96 bits per heavy atom. The number of hydrogen-bond donors (Lipinski definition) is 1. The van der Waals surface area contributed by atoms with Crippen LogP contribution in [0.5, 0.6) is 0 Å². The Morgan fingerprint density at radius 2 is 2.16 bits per heavy atom. The molecule has 1 amide bonds. The van der Waals surface area contributed by atoms with Gasteiger partial charge in [0.05, 0.1) is 11.3 Å². The Labute approximate surface area is 154 Å². The van der Waals surface area contributed by atoms with Crippen molar-refractivity contribution in [1.29, 1.82) is 0 Å². The topological polar surface area (TPSA) is 80.9 Å². The molecule has 8 heteroatoms. The Morgan fingerprint density at radius 1 is 1.24 bits per heavy atom. The summed E-state index contributed by atoms with van der Waals surface area (Å²) in [6, 6.07) is 11.2. The molecule has 0 unspecified atom stereocenters. The summed E-state index contributed by atoms with van der Waals surface area (Å²) >= 11 is 7.13. The molecular formula is C17H15ClN4O2S. The fraction of sp³-hybridized carbons (Fsp3) is 0.176. The van der Waals surface area contributed by atoms with E-state index in [1.807, 2.05) is 30.3 Å². The average Bonchev–Trinajstić information content (AvgIpc) is 3.10. The van der Waals surface area contributed by atoms with Gasteiger partial charge in [-0.05, 0) is 36.2 Å². The molecular weight excluding hydrogens is 360 g/mol. The SMILES string of the molecule is O=C(CSc1nnc(-c2cccnc2)o1)NCCc1cccc(Cl)c1. The van der Waals surface area contributed by atoms with Crippen LogP contribution >= 0.6 is 23.4 Å². The summed E-state index contributed by atoms with van der Waals surface area (Å²) in [7, 11) is 0. The van der Waals surface area contributed by atoms with Crippen LogP contribution in [0.2, 0.25) is 5.02 Å². The number of benzene rings is 1. The highest BCUT2D eigenvalue weighted by Gasteiger charge is 2.11. The van der Waals surface area contributed by atoms with Gasteiger partial charge in [0, 0.05) is 24.0 Å². The molecule has 128 valence electrons. The van der Waals surface area contributed by atoms with Gasteiger partial charge in [0.25, 0.3) is 5.22 Å². The molecule has 25 heavy (non-hydrogen) atoms. The average molecular weight is 375 g/mol. The number of nitrogens with one attached hydrogen (secondary N) is 1. The van der Waals surface area contributed by atoms with E-state index in [9.17, 15) is 4.79 Å². The van der Waals surface area contributed by atoms with Crippen LogP contribution in [0.3, 0.4) is 0 Å². The van der Waals surface area contributed by atoms with Gasteiger partial charge in [0.2, 0.25) is 11.8 Å². The molecule has 0 aliphatic heterocycles. The molecule has 0 fully saturated rings. The molecule has 2 heterocycles. The van der Waals surface area contributed by atoms with Gasteiger partial charge < -0.3 is 9.73 Å². The number of hydrogen-bond acceptors (Lipinski definition) is 6. The molecule has 1 N–H and O–H groups in total. The van der Waals surface area contributed by atoms with Crippen molar-refractivity contribution >= 4 is 29.3 Å². The largest absolute Gasteiger partial charge is 0.411 e. The van der Waals surface area contributed by atoms with Gasteiger partial charge in [-0.15, -0.1) is 10.2 Å². The normalized spacial score (nSPS) is 10.6. The minimum Gasteiger partial charge on any atom is -0.411 e. The number of carbonyl (C=O) groups is 1. The van der Waals surface area contributed by atoms with Gasteiger partial charge in [-0.2, -0.15) is 0 Å². The van der Waals surface area contributed by atoms with Gasteiger partial charge >= 0.3 is 0 Å². The zero-order chi connectivity index (χ0) is 17.5. The maximum Gasteiger partial charge on any atom is 0.277 e. The molecule has 0 aliphatic rings. The molecule has 2 aromatic heterocycles. The molecule has 0 saturated carbocycles. The van der Waals surface area contributed by atoms with E-state index in [-0.39, 0.29) is 11.7 Å². The fourth-order valence-electron chi connectivity index (χ4n) is 2.09. The van der Waals surface area contributed by atoms with E-state index in [2.05, 4.69) is 20.5 Å². The van der Waals surface area contributed by atoms with Crippen LogP contribution in [-0.2, 0) is 11.2 Å². The van der Waals surface area contributed by atoms with E-state index in [0.29, 0.717) is 22.7 Å². The van der Waals surface area contributed by atoms with E-state index >= 15 is 0 Å². The number of nitrogens with zero attached hydrogens (tertiary/aromatic N) is 3. The van der Waals surface area contributed by atoms with Gasteiger partial charge in [-0.1, -0.05) is 35.5 Å². The predicted molar refractivity (Wildman–Crippen MR) is 96.4 cm³/mol. The van der Waals surface area contributed by atoms with Crippen molar-refractivity contribution < 1.29 is 9.21 Å². The summed E-state index contributed by atoms with van der Waals surface area (Å²) in [6.07, 6.45) is 4.04.